The van der Waals surface area contributed by atoms with Crippen molar-refractivity contribution in [1.82, 2.24) is 4.90 Å². The third-order valence-corrected chi connectivity index (χ3v) is 5.10. The predicted octanol–water partition coefficient (Wildman–Crippen LogP) is -0.00340. The molecule has 0 radical (unpaired) electrons. The van der Waals surface area contributed by atoms with Crippen LogP contribution in [0, 0.1) is 17.7 Å². The minimum absolute atomic E-state index is 0.193. The van der Waals surface area contributed by atoms with Crippen molar-refractivity contribution in [3.8, 4) is 0 Å². The maximum atomic E-state index is 13.2. The van der Waals surface area contributed by atoms with Gasteiger partial charge in [-0.15, -0.1) is 0 Å². The van der Waals surface area contributed by atoms with Crippen molar-refractivity contribution in [1.29, 1.82) is 0 Å². The van der Waals surface area contributed by atoms with Crippen LogP contribution in [-0.2, 0) is 19.1 Å². The summed E-state index contributed by atoms with van der Waals surface area (Å²) >= 11 is 0. The zero-order valence-electron chi connectivity index (χ0n) is 13.8. The molecule has 0 saturated carbocycles. The van der Waals surface area contributed by atoms with Crippen molar-refractivity contribution in [3.63, 3.8) is 0 Å². The highest BCUT2D eigenvalue weighted by Gasteiger charge is 2.70. The van der Waals surface area contributed by atoms with Crippen molar-refractivity contribution in [3.05, 3.63) is 35.6 Å². The molecule has 2 aliphatic heterocycles. The Morgan fingerprint density at radius 2 is 1.92 bits per heavy atom. The van der Waals surface area contributed by atoms with Crippen LogP contribution in [0.2, 0.25) is 0 Å². The molecule has 0 unspecified atom stereocenters. The second-order valence-electron chi connectivity index (χ2n) is 6.49. The first-order valence-electron chi connectivity index (χ1n) is 7.91. The number of hydrogen-bond acceptors (Lipinski definition) is 4. The van der Waals surface area contributed by atoms with Gasteiger partial charge in [-0.1, -0.05) is 12.1 Å². The fraction of sp³-hybridized carbons (Fsp3) is 0.471. The van der Waals surface area contributed by atoms with Gasteiger partial charge in [0.25, 0.3) is 0 Å². The van der Waals surface area contributed by atoms with Crippen molar-refractivity contribution in [2.75, 3.05) is 13.7 Å². The summed E-state index contributed by atoms with van der Waals surface area (Å²) in [4.78, 5) is 38.7. The van der Waals surface area contributed by atoms with Crippen molar-refractivity contribution >= 4 is 17.8 Å². The molecule has 3 rings (SSSR count). The number of likely N-dealkylation sites (tertiary alicyclic amines) is 1. The van der Waals surface area contributed by atoms with E-state index < -0.39 is 29.4 Å². The van der Waals surface area contributed by atoms with E-state index >= 15 is 0 Å². The van der Waals surface area contributed by atoms with Crippen molar-refractivity contribution in [2.45, 2.75) is 25.4 Å². The fourth-order valence-corrected chi connectivity index (χ4v) is 3.88. The molecule has 7 heteroatoms. The highest BCUT2D eigenvalue weighted by atomic mass is 19.1. The molecular formula is C17H20FN2O4+. The van der Waals surface area contributed by atoms with Crippen LogP contribution in [0.4, 0.5) is 4.39 Å². The maximum absolute atomic E-state index is 13.2. The summed E-state index contributed by atoms with van der Waals surface area (Å²) in [5.74, 6) is -3.04. The van der Waals surface area contributed by atoms with Crippen LogP contribution in [0.5, 0.6) is 0 Å². The van der Waals surface area contributed by atoms with Gasteiger partial charge in [0.2, 0.25) is 17.4 Å². The highest BCUT2D eigenvalue weighted by Crippen LogP contribution is 2.43. The molecule has 24 heavy (non-hydrogen) atoms. The van der Waals surface area contributed by atoms with Gasteiger partial charge in [-0.05, 0) is 19.1 Å². The average Bonchev–Trinajstić information content (AvgIpc) is 2.99. The summed E-state index contributed by atoms with van der Waals surface area (Å²) in [7, 11) is 1.43. The van der Waals surface area contributed by atoms with Crippen LogP contribution in [0.1, 0.15) is 25.5 Å². The van der Waals surface area contributed by atoms with Gasteiger partial charge < -0.3 is 10.1 Å². The molecule has 2 amide bonds. The molecule has 128 valence electrons. The standard InChI is InChI=1S/C17H19FN2O4/c1-4-24-16(23)17(2)12-11(14(21)20(3)15(12)22)13(19-17)9-5-7-10(18)8-6-9/h5-8,11-13,19H,4H2,1-3H3/p+1/t11-,12+,13-,17+/m0/s1. The predicted molar refractivity (Wildman–Crippen MR) is 80.9 cm³/mol. The van der Waals surface area contributed by atoms with Gasteiger partial charge >= 0.3 is 5.97 Å². The Labute approximate surface area is 139 Å². The Kier molecular flexibility index (Phi) is 3.91. The van der Waals surface area contributed by atoms with E-state index in [-0.39, 0.29) is 24.2 Å². The molecule has 0 aliphatic carbocycles. The lowest BCUT2D eigenvalue weighted by Gasteiger charge is -2.25. The summed E-state index contributed by atoms with van der Waals surface area (Å²) < 4.78 is 18.4. The van der Waals surface area contributed by atoms with Crippen LogP contribution in [0.15, 0.2) is 24.3 Å². The van der Waals surface area contributed by atoms with Gasteiger partial charge in [0.05, 0.1) is 6.61 Å². The van der Waals surface area contributed by atoms with Gasteiger partial charge in [0.1, 0.15) is 23.7 Å². The van der Waals surface area contributed by atoms with E-state index in [2.05, 4.69) is 0 Å². The zero-order valence-corrected chi connectivity index (χ0v) is 13.8. The van der Waals surface area contributed by atoms with E-state index in [1.807, 2.05) is 0 Å². The normalized spacial score (nSPS) is 32.2. The Hall–Kier alpha value is -2.28. The third kappa shape index (κ3) is 2.23. The van der Waals surface area contributed by atoms with Gasteiger partial charge in [-0.3, -0.25) is 14.5 Å². The first-order chi connectivity index (χ1) is 11.3. The lowest BCUT2D eigenvalue weighted by atomic mass is 9.80. The summed E-state index contributed by atoms with van der Waals surface area (Å²) in [5, 5.41) is 1.72. The highest BCUT2D eigenvalue weighted by molar-refractivity contribution is 6.08. The lowest BCUT2D eigenvalue weighted by molar-refractivity contribution is -0.731. The number of quaternary nitrogens is 1. The summed E-state index contributed by atoms with van der Waals surface area (Å²) in [6.07, 6.45) is 0. The van der Waals surface area contributed by atoms with Crippen LogP contribution in [0.25, 0.3) is 0 Å². The van der Waals surface area contributed by atoms with E-state index in [1.165, 1.54) is 19.2 Å². The number of carbonyl (C=O) groups excluding carboxylic acids is 3. The first kappa shape index (κ1) is 16.6. The van der Waals surface area contributed by atoms with Crippen LogP contribution in [0.3, 0.4) is 0 Å². The molecule has 1 aromatic carbocycles. The third-order valence-electron chi connectivity index (χ3n) is 5.10. The van der Waals surface area contributed by atoms with Gasteiger partial charge in [-0.2, -0.15) is 0 Å². The van der Waals surface area contributed by atoms with E-state index in [0.29, 0.717) is 5.56 Å². The number of imide groups is 1. The Balaban J connectivity index is 2.06. The topological polar surface area (TPSA) is 80.3 Å². The Morgan fingerprint density at radius 3 is 2.50 bits per heavy atom. The van der Waals surface area contributed by atoms with Crippen LogP contribution in [-0.4, -0.2) is 41.9 Å². The van der Waals surface area contributed by atoms with Gasteiger partial charge in [-0.25, -0.2) is 9.18 Å². The van der Waals surface area contributed by atoms with Crippen molar-refractivity contribution < 1.29 is 28.8 Å². The van der Waals surface area contributed by atoms with E-state index in [9.17, 15) is 18.8 Å². The fourth-order valence-electron chi connectivity index (χ4n) is 3.88. The number of rotatable bonds is 3. The second kappa shape index (κ2) is 5.66. The molecule has 1 aromatic rings. The second-order valence-corrected chi connectivity index (χ2v) is 6.49. The molecule has 0 aromatic heterocycles. The number of nitrogens with two attached hydrogens (primary N) is 1. The molecule has 0 spiro atoms. The lowest BCUT2D eigenvalue weighted by Crippen LogP contribution is -2.97. The number of nitrogens with zero attached hydrogens (tertiary/aromatic N) is 1. The van der Waals surface area contributed by atoms with Gasteiger partial charge in [0.15, 0.2) is 0 Å². The largest absolute Gasteiger partial charge is 0.461 e. The SMILES string of the molecule is CCOC(=O)[C@]1(C)[NH2+][C@@H](c2ccc(F)cc2)[C@H]2C(=O)N(C)C(=O)[C@@H]21. The monoisotopic (exact) mass is 335 g/mol. The number of esters is 1. The Morgan fingerprint density at radius 1 is 1.29 bits per heavy atom. The molecule has 2 aliphatic rings. The molecule has 2 saturated heterocycles. The molecular weight excluding hydrogens is 315 g/mol. The van der Waals surface area contributed by atoms with Crippen LogP contribution < -0.4 is 5.32 Å². The van der Waals surface area contributed by atoms with Gasteiger partial charge in [0, 0.05) is 19.5 Å². The minimum Gasteiger partial charge on any atom is -0.461 e. The summed E-state index contributed by atoms with van der Waals surface area (Å²) in [6, 6.07) is 5.35. The summed E-state index contributed by atoms with van der Waals surface area (Å²) in [5.41, 5.74) is -0.479. The average molecular weight is 335 g/mol. The molecule has 4 atom stereocenters. The number of hydrogen-bond donors (Lipinski definition) is 1. The minimum atomic E-state index is -1.18. The van der Waals surface area contributed by atoms with Crippen LogP contribution >= 0.6 is 0 Å². The number of halogens is 1. The van der Waals surface area contributed by atoms with E-state index in [0.717, 1.165) is 4.90 Å². The summed E-state index contributed by atoms with van der Waals surface area (Å²) in [6.45, 7) is 3.52. The molecule has 6 nitrogen and oxygen atoms in total. The smallest absolute Gasteiger partial charge is 0.368 e. The molecule has 2 heterocycles. The van der Waals surface area contributed by atoms with Crippen molar-refractivity contribution in [2.24, 2.45) is 11.8 Å². The molecule has 2 N–H and O–H groups in total. The number of amides is 2. The van der Waals surface area contributed by atoms with E-state index in [1.54, 1.807) is 31.3 Å². The maximum Gasteiger partial charge on any atom is 0.368 e. The number of benzene rings is 1. The van der Waals surface area contributed by atoms with E-state index in [4.69, 9.17) is 4.74 Å². The molecule has 0 bridgehead atoms. The quantitative estimate of drug-likeness (QED) is 0.623. The zero-order chi connectivity index (χ0) is 17.6. The first-order valence-corrected chi connectivity index (χ1v) is 7.91. The Bertz CT molecular complexity index is 705. The number of ether oxygens (including phenoxy) is 1. The number of fused-ring (bicyclic) bond motifs is 1. The molecule has 2 fully saturated rings. The number of carbonyl (C=O) groups is 3.